The van der Waals surface area contributed by atoms with Crippen LogP contribution >= 0.6 is 0 Å². The Kier molecular flexibility index (Phi) is 8.45. The van der Waals surface area contributed by atoms with Crippen molar-refractivity contribution >= 4 is 32.7 Å². The van der Waals surface area contributed by atoms with E-state index >= 15 is 0 Å². The highest BCUT2D eigenvalue weighted by Crippen LogP contribution is 2.40. The number of para-hydroxylation sites is 2. The molecule has 3 aromatic heterocycles. The van der Waals surface area contributed by atoms with E-state index in [9.17, 15) is 0 Å². The lowest BCUT2D eigenvalue weighted by atomic mass is 9.96. The fourth-order valence-corrected chi connectivity index (χ4v) is 8.30. The van der Waals surface area contributed by atoms with Gasteiger partial charge in [0.2, 0.25) is 0 Å². The smallest absolute Gasteiger partial charge is 0.145 e. The second kappa shape index (κ2) is 14.5. The van der Waals surface area contributed by atoms with Crippen LogP contribution in [-0.4, -0.2) is 19.5 Å². The Hall–Kier alpha value is -7.95. The first kappa shape index (κ1) is 34.3. The van der Waals surface area contributed by atoms with Gasteiger partial charge in [0.15, 0.2) is 0 Å². The third-order valence-corrected chi connectivity index (χ3v) is 11.2. The molecular formula is C55H36N4. The van der Waals surface area contributed by atoms with Gasteiger partial charge >= 0.3 is 0 Å². The van der Waals surface area contributed by atoms with Crippen molar-refractivity contribution in [2.45, 2.75) is 0 Å². The van der Waals surface area contributed by atoms with Crippen LogP contribution in [0.1, 0.15) is 0 Å². The van der Waals surface area contributed by atoms with E-state index in [1.54, 1.807) is 0 Å². The van der Waals surface area contributed by atoms with Crippen LogP contribution in [0.4, 0.5) is 0 Å². The molecule has 0 bridgehead atoms. The average molecular weight is 753 g/mol. The van der Waals surface area contributed by atoms with Gasteiger partial charge in [-0.3, -0.25) is 4.57 Å². The van der Waals surface area contributed by atoms with Gasteiger partial charge in [-0.25, -0.2) is 15.0 Å². The van der Waals surface area contributed by atoms with E-state index in [1.165, 1.54) is 0 Å². The Morgan fingerprint density at radius 2 is 0.814 bits per heavy atom. The molecule has 0 aliphatic rings. The predicted octanol–water partition coefficient (Wildman–Crippen LogP) is 14.1. The standard InChI is InChI=1S/C55H36N4/c1-5-15-40(16-6-1)49-35-44(36-50(56-49)41-17-7-2-8-18-41)39-27-25-37(26-28-39)38-29-31-42(32-30-38)53-52-47(46-23-13-14-24-48(46)57-53)33-34-51-54(52)58-55(43-19-9-3-10-20-43)59(51)45-21-11-4-12-22-45/h1-36H. The van der Waals surface area contributed by atoms with Crippen molar-refractivity contribution in [1.29, 1.82) is 0 Å². The fraction of sp³-hybridized carbons (Fsp3) is 0. The van der Waals surface area contributed by atoms with Crippen LogP contribution in [0.5, 0.6) is 0 Å². The number of imidazole rings is 1. The molecule has 0 radical (unpaired) electrons. The summed E-state index contributed by atoms with van der Waals surface area (Å²) in [6.07, 6.45) is 0. The molecule has 0 spiro atoms. The Morgan fingerprint density at radius 1 is 0.322 bits per heavy atom. The van der Waals surface area contributed by atoms with Gasteiger partial charge in [-0.15, -0.1) is 0 Å². The van der Waals surface area contributed by atoms with Gasteiger partial charge in [-0.1, -0.05) is 182 Å². The summed E-state index contributed by atoms with van der Waals surface area (Å²) >= 11 is 0. The minimum atomic E-state index is 0.900. The molecule has 0 saturated heterocycles. The van der Waals surface area contributed by atoms with Gasteiger partial charge in [-0.2, -0.15) is 0 Å². The van der Waals surface area contributed by atoms with Crippen LogP contribution < -0.4 is 0 Å². The Balaban J connectivity index is 1.01. The number of aromatic nitrogens is 4. The van der Waals surface area contributed by atoms with Crippen molar-refractivity contribution in [1.82, 2.24) is 19.5 Å². The molecule has 11 aromatic rings. The number of benzene rings is 8. The molecule has 4 heteroatoms. The third-order valence-electron chi connectivity index (χ3n) is 11.2. The van der Waals surface area contributed by atoms with Crippen LogP contribution in [0.2, 0.25) is 0 Å². The molecule has 0 saturated carbocycles. The lowest BCUT2D eigenvalue weighted by molar-refractivity contribution is 1.10. The Labute approximate surface area is 342 Å². The summed E-state index contributed by atoms with van der Waals surface area (Å²) in [4.78, 5) is 15.9. The summed E-state index contributed by atoms with van der Waals surface area (Å²) < 4.78 is 2.27. The van der Waals surface area contributed by atoms with Crippen LogP contribution in [0.25, 0.3) is 106 Å². The Bertz CT molecular complexity index is 3210. The molecular weight excluding hydrogens is 717 g/mol. The maximum atomic E-state index is 5.44. The van der Waals surface area contributed by atoms with E-state index in [1.807, 2.05) is 18.2 Å². The maximum absolute atomic E-state index is 5.44. The SMILES string of the molecule is c1ccc(-c2cc(-c3ccc(-c4ccc(-c5nc6ccccc6c6ccc7c(nc(-c8ccccc8)n7-c7ccccc7)c56)cc4)cc3)cc(-c3ccccc3)n2)cc1. The third kappa shape index (κ3) is 6.24. The lowest BCUT2D eigenvalue weighted by Gasteiger charge is -2.13. The van der Waals surface area contributed by atoms with Crippen LogP contribution in [0.15, 0.2) is 218 Å². The number of rotatable bonds is 7. The molecule has 59 heavy (non-hydrogen) atoms. The average Bonchev–Trinajstić information content (AvgIpc) is 3.72. The first-order valence-corrected chi connectivity index (χ1v) is 19.9. The van der Waals surface area contributed by atoms with E-state index in [2.05, 4.69) is 205 Å². The van der Waals surface area contributed by atoms with Gasteiger partial charge in [0.1, 0.15) is 5.82 Å². The summed E-state index contributed by atoms with van der Waals surface area (Å²) in [6, 6.07) is 76.6. The van der Waals surface area contributed by atoms with Crippen molar-refractivity contribution in [2.75, 3.05) is 0 Å². The summed E-state index contributed by atoms with van der Waals surface area (Å²) in [5.74, 6) is 0.900. The Morgan fingerprint density at radius 3 is 1.41 bits per heavy atom. The number of fused-ring (bicyclic) bond motifs is 5. The number of hydrogen-bond donors (Lipinski definition) is 0. The largest absolute Gasteiger partial charge is 0.292 e. The molecule has 8 aromatic carbocycles. The quantitative estimate of drug-likeness (QED) is 0.152. The van der Waals surface area contributed by atoms with Crippen LogP contribution in [0.3, 0.4) is 0 Å². The summed E-state index contributed by atoms with van der Waals surface area (Å²) in [5, 5.41) is 3.30. The van der Waals surface area contributed by atoms with Crippen molar-refractivity contribution in [3.05, 3.63) is 218 Å². The first-order valence-electron chi connectivity index (χ1n) is 19.9. The molecule has 11 rings (SSSR count). The van der Waals surface area contributed by atoms with Gasteiger partial charge in [-0.05, 0) is 64.0 Å². The molecule has 4 nitrogen and oxygen atoms in total. The first-order chi connectivity index (χ1) is 29.2. The molecule has 0 aliphatic carbocycles. The van der Waals surface area contributed by atoms with E-state index in [0.29, 0.717) is 0 Å². The molecule has 3 heterocycles. The van der Waals surface area contributed by atoms with Crippen LogP contribution in [0, 0.1) is 0 Å². The second-order valence-electron chi connectivity index (χ2n) is 14.8. The zero-order valence-corrected chi connectivity index (χ0v) is 32.1. The van der Waals surface area contributed by atoms with E-state index in [0.717, 1.165) is 106 Å². The number of nitrogens with zero attached hydrogens (tertiary/aromatic N) is 4. The molecule has 0 atom stereocenters. The summed E-state index contributed by atoms with van der Waals surface area (Å²) in [6.45, 7) is 0. The second-order valence-corrected chi connectivity index (χ2v) is 14.8. The van der Waals surface area contributed by atoms with Gasteiger partial charge in [0.05, 0.1) is 33.6 Å². The summed E-state index contributed by atoms with van der Waals surface area (Å²) in [7, 11) is 0. The van der Waals surface area contributed by atoms with Crippen molar-refractivity contribution in [3.63, 3.8) is 0 Å². The van der Waals surface area contributed by atoms with Crippen molar-refractivity contribution in [2.24, 2.45) is 0 Å². The van der Waals surface area contributed by atoms with E-state index in [4.69, 9.17) is 15.0 Å². The van der Waals surface area contributed by atoms with E-state index in [-0.39, 0.29) is 0 Å². The molecule has 0 unspecified atom stereocenters. The monoisotopic (exact) mass is 752 g/mol. The minimum absolute atomic E-state index is 0.900. The topological polar surface area (TPSA) is 43.6 Å². The highest BCUT2D eigenvalue weighted by atomic mass is 15.1. The molecule has 0 aliphatic heterocycles. The number of hydrogen-bond acceptors (Lipinski definition) is 3. The van der Waals surface area contributed by atoms with Gasteiger partial charge in [0.25, 0.3) is 0 Å². The molecule has 0 fully saturated rings. The highest BCUT2D eigenvalue weighted by Gasteiger charge is 2.21. The summed E-state index contributed by atoms with van der Waals surface area (Å²) in [5.41, 5.74) is 15.7. The zero-order chi connectivity index (χ0) is 39.1. The number of pyridine rings is 2. The predicted molar refractivity (Wildman–Crippen MR) is 244 cm³/mol. The normalized spacial score (nSPS) is 11.4. The fourth-order valence-electron chi connectivity index (χ4n) is 8.30. The maximum Gasteiger partial charge on any atom is 0.145 e. The molecule has 0 amide bonds. The van der Waals surface area contributed by atoms with Gasteiger partial charge < -0.3 is 0 Å². The van der Waals surface area contributed by atoms with Gasteiger partial charge in [0, 0.05) is 38.7 Å². The molecule has 276 valence electrons. The highest BCUT2D eigenvalue weighted by molar-refractivity contribution is 6.20. The minimum Gasteiger partial charge on any atom is -0.292 e. The van der Waals surface area contributed by atoms with Crippen molar-refractivity contribution < 1.29 is 0 Å². The van der Waals surface area contributed by atoms with Crippen LogP contribution in [-0.2, 0) is 0 Å². The lowest BCUT2D eigenvalue weighted by Crippen LogP contribution is -1.97. The zero-order valence-electron chi connectivity index (χ0n) is 32.1. The van der Waals surface area contributed by atoms with Crippen molar-refractivity contribution in [3.8, 4) is 73.1 Å². The van der Waals surface area contributed by atoms with E-state index < -0.39 is 0 Å². The molecule has 0 N–H and O–H groups in total.